The minimum atomic E-state index is -1.04. The number of carboxylic acids is 1. The molecule has 1 saturated heterocycles. The van der Waals surface area contributed by atoms with E-state index in [1.807, 2.05) is 0 Å². The number of carbonyl (C=O) groups is 1. The molecule has 4 N–H and O–H groups in total. The predicted molar refractivity (Wildman–Crippen MR) is 66.0 cm³/mol. The van der Waals surface area contributed by atoms with Gasteiger partial charge in [0.2, 0.25) is 0 Å². The normalized spacial score (nSPS) is 28.6. The SMILES string of the molecule is CB(O)CCCC1(C(C)(C)O)CNC1C(=O)O. The lowest BCUT2D eigenvalue weighted by Gasteiger charge is -2.55. The van der Waals surface area contributed by atoms with Crippen LogP contribution in [0.25, 0.3) is 0 Å². The highest BCUT2D eigenvalue weighted by atomic mass is 16.4. The number of aliphatic carboxylic acids is 1. The maximum absolute atomic E-state index is 11.1. The van der Waals surface area contributed by atoms with E-state index >= 15 is 0 Å². The van der Waals surface area contributed by atoms with E-state index in [0.717, 1.165) is 0 Å². The summed E-state index contributed by atoms with van der Waals surface area (Å²) in [6.45, 7) is 5.15. The second-order valence-electron chi connectivity index (χ2n) is 5.61. The van der Waals surface area contributed by atoms with Crippen LogP contribution in [0.5, 0.6) is 0 Å². The van der Waals surface area contributed by atoms with Crippen LogP contribution in [0, 0.1) is 5.41 Å². The van der Waals surface area contributed by atoms with Crippen LogP contribution in [0.15, 0.2) is 0 Å². The predicted octanol–water partition coefficient (Wildman–Crippen LogP) is 0.194. The largest absolute Gasteiger partial charge is 0.480 e. The van der Waals surface area contributed by atoms with Crippen molar-refractivity contribution in [1.82, 2.24) is 5.32 Å². The fraction of sp³-hybridized carbons (Fsp3) is 0.909. The van der Waals surface area contributed by atoms with Gasteiger partial charge in [-0.25, -0.2) is 0 Å². The van der Waals surface area contributed by atoms with Gasteiger partial charge in [-0.3, -0.25) is 4.79 Å². The van der Waals surface area contributed by atoms with E-state index < -0.39 is 23.0 Å². The molecule has 0 amide bonds. The van der Waals surface area contributed by atoms with E-state index in [1.165, 1.54) is 0 Å². The third kappa shape index (κ3) is 2.81. The van der Waals surface area contributed by atoms with Gasteiger partial charge in [0.15, 0.2) is 0 Å². The van der Waals surface area contributed by atoms with Crippen molar-refractivity contribution in [2.45, 2.75) is 51.5 Å². The van der Waals surface area contributed by atoms with Gasteiger partial charge < -0.3 is 20.6 Å². The lowest BCUT2D eigenvalue weighted by Crippen LogP contribution is -2.73. The Bertz CT molecular complexity index is 290. The van der Waals surface area contributed by atoms with E-state index in [9.17, 15) is 14.9 Å². The Morgan fingerprint density at radius 2 is 2.18 bits per heavy atom. The number of aliphatic hydroxyl groups is 1. The number of rotatable bonds is 6. The molecule has 0 spiro atoms. The van der Waals surface area contributed by atoms with Gasteiger partial charge in [-0.15, -0.1) is 0 Å². The number of carboxylic acid groups (broad SMARTS) is 1. The van der Waals surface area contributed by atoms with Crippen LogP contribution in [0.1, 0.15) is 26.7 Å². The quantitative estimate of drug-likeness (QED) is 0.500. The van der Waals surface area contributed by atoms with Crippen LogP contribution >= 0.6 is 0 Å². The van der Waals surface area contributed by atoms with Crippen molar-refractivity contribution in [3.63, 3.8) is 0 Å². The molecular formula is C11H22BNO4. The Balaban J connectivity index is 2.72. The molecular weight excluding hydrogens is 221 g/mol. The molecule has 1 aliphatic rings. The summed E-state index contributed by atoms with van der Waals surface area (Å²) in [4.78, 5) is 11.1. The highest BCUT2D eigenvalue weighted by Gasteiger charge is 2.58. The average molecular weight is 243 g/mol. The fourth-order valence-corrected chi connectivity index (χ4v) is 2.60. The van der Waals surface area contributed by atoms with Crippen LogP contribution in [0.2, 0.25) is 13.1 Å². The Hall–Kier alpha value is -0.585. The van der Waals surface area contributed by atoms with Gasteiger partial charge in [0.25, 0.3) is 6.92 Å². The number of hydrogen-bond acceptors (Lipinski definition) is 4. The first-order chi connectivity index (χ1) is 7.71. The number of hydrogen-bond donors (Lipinski definition) is 4. The van der Waals surface area contributed by atoms with Crippen molar-refractivity contribution in [2.24, 2.45) is 5.41 Å². The smallest absolute Gasteiger partial charge is 0.321 e. The standard InChI is InChI=1S/C11H22BNO4/c1-10(2,16)11(5-4-6-12(3)17)7-13-8(11)9(14)15/h8,13,16-17H,4-7H2,1-3H3,(H,14,15). The Labute approximate surface area is 102 Å². The molecule has 0 aromatic carbocycles. The summed E-state index contributed by atoms with van der Waals surface area (Å²) in [6, 6.07) is -0.698. The van der Waals surface area contributed by atoms with Crippen LogP contribution in [0.3, 0.4) is 0 Å². The summed E-state index contributed by atoms with van der Waals surface area (Å²) >= 11 is 0. The minimum Gasteiger partial charge on any atom is -0.480 e. The van der Waals surface area contributed by atoms with Crippen molar-refractivity contribution in [3.8, 4) is 0 Å². The minimum absolute atomic E-state index is 0.384. The van der Waals surface area contributed by atoms with Gasteiger partial charge in [0.05, 0.1) is 5.60 Å². The highest BCUT2D eigenvalue weighted by Crippen LogP contribution is 2.45. The average Bonchev–Trinajstić information content (AvgIpc) is 2.06. The van der Waals surface area contributed by atoms with Crippen molar-refractivity contribution >= 4 is 12.9 Å². The third-order valence-electron chi connectivity index (χ3n) is 3.88. The molecule has 1 fully saturated rings. The zero-order chi connectivity index (χ0) is 13.3. The fourth-order valence-electron chi connectivity index (χ4n) is 2.60. The van der Waals surface area contributed by atoms with Crippen LogP contribution in [-0.2, 0) is 4.79 Å². The van der Waals surface area contributed by atoms with Gasteiger partial charge in [-0.05, 0) is 26.6 Å². The molecule has 0 aromatic rings. The zero-order valence-electron chi connectivity index (χ0n) is 10.7. The van der Waals surface area contributed by atoms with Crippen molar-refractivity contribution in [1.29, 1.82) is 0 Å². The lowest BCUT2D eigenvalue weighted by molar-refractivity contribution is -0.168. The summed E-state index contributed by atoms with van der Waals surface area (Å²) < 4.78 is 0. The van der Waals surface area contributed by atoms with Crippen LogP contribution < -0.4 is 5.32 Å². The summed E-state index contributed by atoms with van der Waals surface area (Å²) in [5.41, 5.74) is -1.67. The molecule has 1 aliphatic heterocycles. The van der Waals surface area contributed by atoms with Crippen molar-refractivity contribution < 1.29 is 20.0 Å². The molecule has 0 radical (unpaired) electrons. The second-order valence-corrected chi connectivity index (χ2v) is 5.61. The molecule has 0 aliphatic carbocycles. The van der Waals surface area contributed by atoms with Gasteiger partial charge in [-0.2, -0.15) is 0 Å². The first kappa shape index (κ1) is 14.5. The van der Waals surface area contributed by atoms with E-state index in [2.05, 4.69) is 5.32 Å². The van der Waals surface area contributed by atoms with Gasteiger partial charge >= 0.3 is 5.97 Å². The third-order valence-corrected chi connectivity index (χ3v) is 3.88. The Morgan fingerprint density at radius 1 is 1.59 bits per heavy atom. The summed E-state index contributed by atoms with van der Waals surface area (Å²) in [5, 5.41) is 31.4. The van der Waals surface area contributed by atoms with E-state index in [1.54, 1.807) is 20.7 Å². The molecule has 1 rings (SSSR count). The molecule has 17 heavy (non-hydrogen) atoms. The van der Waals surface area contributed by atoms with Crippen molar-refractivity contribution in [2.75, 3.05) is 6.54 Å². The first-order valence-corrected chi connectivity index (χ1v) is 6.07. The Kier molecular flexibility index (Phi) is 4.22. The van der Waals surface area contributed by atoms with Gasteiger partial charge in [0.1, 0.15) is 6.04 Å². The molecule has 2 atom stereocenters. The highest BCUT2D eigenvalue weighted by molar-refractivity contribution is 6.48. The zero-order valence-corrected chi connectivity index (χ0v) is 10.7. The topological polar surface area (TPSA) is 89.8 Å². The van der Waals surface area contributed by atoms with E-state index in [4.69, 9.17) is 5.11 Å². The molecule has 0 bridgehead atoms. The molecule has 0 saturated carbocycles. The maximum Gasteiger partial charge on any atom is 0.321 e. The summed E-state index contributed by atoms with van der Waals surface area (Å²) in [5.74, 6) is -0.921. The maximum atomic E-state index is 11.1. The molecule has 5 nitrogen and oxygen atoms in total. The summed E-state index contributed by atoms with van der Waals surface area (Å²) in [7, 11) is 0. The van der Waals surface area contributed by atoms with Crippen LogP contribution in [0.4, 0.5) is 0 Å². The summed E-state index contributed by atoms with van der Waals surface area (Å²) in [6.07, 6.45) is 1.95. The van der Waals surface area contributed by atoms with E-state index in [-0.39, 0.29) is 6.92 Å². The molecule has 98 valence electrons. The Morgan fingerprint density at radius 3 is 2.47 bits per heavy atom. The van der Waals surface area contributed by atoms with Crippen molar-refractivity contribution in [3.05, 3.63) is 0 Å². The van der Waals surface area contributed by atoms with Gasteiger partial charge in [-0.1, -0.05) is 13.2 Å². The monoisotopic (exact) mass is 243 g/mol. The number of nitrogens with one attached hydrogen (secondary N) is 1. The van der Waals surface area contributed by atoms with Gasteiger partial charge in [0, 0.05) is 12.0 Å². The molecule has 1 heterocycles. The lowest BCUT2D eigenvalue weighted by atomic mass is 9.58. The molecule has 2 unspecified atom stereocenters. The molecule has 0 aromatic heterocycles. The molecule has 6 heteroatoms. The second kappa shape index (κ2) is 4.96. The first-order valence-electron chi connectivity index (χ1n) is 6.07. The van der Waals surface area contributed by atoms with E-state index in [0.29, 0.717) is 25.7 Å². The van der Waals surface area contributed by atoms with Crippen LogP contribution in [-0.4, -0.2) is 46.3 Å².